The van der Waals surface area contributed by atoms with E-state index in [0.717, 1.165) is 55.4 Å². The Labute approximate surface area is 148 Å². The fraction of sp³-hybridized carbons (Fsp3) is 0.611. The van der Waals surface area contributed by atoms with E-state index in [-0.39, 0.29) is 18.1 Å². The summed E-state index contributed by atoms with van der Waals surface area (Å²) < 4.78 is 11.2. The summed E-state index contributed by atoms with van der Waals surface area (Å²) in [5, 5.41) is 0.0274. The van der Waals surface area contributed by atoms with Crippen molar-refractivity contribution in [2.45, 2.75) is 32.1 Å². The number of carbonyl (C=O) groups excluding carboxylic acids is 1. The Kier molecular flexibility index (Phi) is 5.89. The highest BCUT2D eigenvalue weighted by Crippen LogP contribution is 2.46. The van der Waals surface area contributed by atoms with Gasteiger partial charge < -0.3 is 19.3 Å². The van der Waals surface area contributed by atoms with E-state index in [0.29, 0.717) is 6.42 Å². The third-order valence-electron chi connectivity index (χ3n) is 4.66. The van der Waals surface area contributed by atoms with E-state index in [1.54, 1.807) is 0 Å². The van der Waals surface area contributed by atoms with Crippen LogP contribution in [0.5, 0.6) is 11.5 Å². The van der Waals surface area contributed by atoms with Gasteiger partial charge in [-0.25, -0.2) is 0 Å². The van der Waals surface area contributed by atoms with Crippen LogP contribution in [0.25, 0.3) is 0 Å². The molecule has 0 saturated carbocycles. The molecule has 6 heteroatoms. The van der Waals surface area contributed by atoms with Crippen molar-refractivity contribution < 1.29 is 14.3 Å². The molecule has 0 spiro atoms. The predicted molar refractivity (Wildman–Crippen MR) is 96.5 cm³/mol. The molecule has 1 aromatic rings. The second kappa shape index (κ2) is 8.12. The zero-order chi connectivity index (χ0) is 16.9. The molecule has 0 aliphatic carbocycles. The van der Waals surface area contributed by atoms with Crippen LogP contribution in [0, 0.1) is 0 Å². The summed E-state index contributed by atoms with van der Waals surface area (Å²) in [6, 6.07) is 5.96. The number of hydrogen-bond donors (Lipinski definition) is 0. The van der Waals surface area contributed by atoms with E-state index in [9.17, 15) is 4.79 Å². The number of nitrogens with zero attached hydrogens (tertiary/aromatic N) is 2. The van der Waals surface area contributed by atoms with Crippen LogP contribution in [0.1, 0.15) is 37.6 Å². The molecule has 2 aliphatic rings. The summed E-state index contributed by atoms with van der Waals surface area (Å²) in [5.41, 5.74) is 1.06. The first kappa shape index (κ1) is 17.4. The van der Waals surface area contributed by atoms with Crippen LogP contribution in [-0.2, 0) is 4.79 Å². The smallest absolute Gasteiger partial charge is 0.231 e. The van der Waals surface area contributed by atoms with Crippen molar-refractivity contribution >= 4 is 17.7 Å². The van der Waals surface area contributed by atoms with Crippen molar-refractivity contribution in [3.8, 4) is 11.5 Å². The van der Waals surface area contributed by atoms with Gasteiger partial charge in [-0.2, -0.15) is 0 Å². The third-order valence-corrected chi connectivity index (χ3v) is 5.92. The Morgan fingerprint density at radius 1 is 1.29 bits per heavy atom. The maximum absolute atomic E-state index is 12.5. The highest BCUT2D eigenvalue weighted by molar-refractivity contribution is 7.99. The summed E-state index contributed by atoms with van der Waals surface area (Å²) in [6.07, 6.45) is 1.62. The molecule has 1 fully saturated rings. The van der Waals surface area contributed by atoms with E-state index in [1.165, 1.54) is 0 Å². The van der Waals surface area contributed by atoms with Crippen molar-refractivity contribution in [3.05, 3.63) is 23.8 Å². The Morgan fingerprint density at radius 3 is 2.92 bits per heavy atom. The van der Waals surface area contributed by atoms with Crippen LogP contribution in [0.4, 0.5) is 0 Å². The quantitative estimate of drug-likeness (QED) is 0.756. The van der Waals surface area contributed by atoms with Gasteiger partial charge in [-0.3, -0.25) is 4.79 Å². The standard InChI is InChI=1S/C18H26N2O3S/c1-3-19(4-2)10-6-11-20-16(21)9-12-24-18(20)14-7-5-8-15-17(14)23-13-22-15/h5,7-8,18H,3-4,6,9-13H2,1-2H3. The number of para-hydroxylation sites is 1. The zero-order valence-electron chi connectivity index (χ0n) is 14.5. The summed E-state index contributed by atoms with van der Waals surface area (Å²) in [5.74, 6) is 2.70. The molecule has 5 nitrogen and oxygen atoms in total. The van der Waals surface area contributed by atoms with Crippen molar-refractivity contribution in [1.29, 1.82) is 0 Å². The molecule has 0 radical (unpaired) electrons. The molecule has 1 saturated heterocycles. The summed E-state index contributed by atoms with van der Waals surface area (Å²) in [4.78, 5) is 16.9. The van der Waals surface area contributed by atoms with Crippen molar-refractivity contribution in [2.24, 2.45) is 0 Å². The molecule has 1 aromatic carbocycles. The molecule has 0 aromatic heterocycles. The maximum Gasteiger partial charge on any atom is 0.231 e. The van der Waals surface area contributed by atoms with Gasteiger partial charge >= 0.3 is 0 Å². The SMILES string of the molecule is CCN(CC)CCCN1C(=O)CCSC1c1cccc2c1OCO2. The van der Waals surface area contributed by atoms with Crippen molar-refractivity contribution in [3.63, 3.8) is 0 Å². The summed E-state index contributed by atoms with van der Waals surface area (Å²) in [7, 11) is 0. The summed E-state index contributed by atoms with van der Waals surface area (Å²) in [6.45, 7) is 8.55. The number of amides is 1. The number of carbonyl (C=O) groups is 1. The third kappa shape index (κ3) is 3.64. The number of fused-ring (bicyclic) bond motifs is 1. The zero-order valence-corrected chi connectivity index (χ0v) is 15.3. The number of rotatable bonds is 7. The lowest BCUT2D eigenvalue weighted by molar-refractivity contribution is -0.132. The molecule has 1 amide bonds. The number of ether oxygens (including phenoxy) is 2. The van der Waals surface area contributed by atoms with Crippen LogP contribution in [0.2, 0.25) is 0 Å². The molecule has 24 heavy (non-hydrogen) atoms. The minimum absolute atomic E-state index is 0.0274. The molecule has 2 aliphatic heterocycles. The lowest BCUT2D eigenvalue weighted by Crippen LogP contribution is -2.39. The fourth-order valence-electron chi connectivity index (χ4n) is 3.27. The van der Waals surface area contributed by atoms with E-state index in [4.69, 9.17) is 9.47 Å². The van der Waals surface area contributed by atoms with E-state index >= 15 is 0 Å². The number of thioether (sulfide) groups is 1. The van der Waals surface area contributed by atoms with Crippen molar-refractivity contribution in [1.82, 2.24) is 9.80 Å². The van der Waals surface area contributed by atoms with Gasteiger partial charge in [-0.05, 0) is 32.1 Å². The van der Waals surface area contributed by atoms with Crippen LogP contribution < -0.4 is 9.47 Å². The van der Waals surface area contributed by atoms with Gasteiger partial charge in [0.1, 0.15) is 5.37 Å². The molecular weight excluding hydrogens is 324 g/mol. The van der Waals surface area contributed by atoms with Crippen LogP contribution in [0.15, 0.2) is 18.2 Å². The molecule has 1 unspecified atom stereocenters. The van der Waals surface area contributed by atoms with Gasteiger partial charge in [0.2, 0.25) is 12.7 Å². The first-order valence-electron chi connectivity index (χ1n) is 8.76. The molecule has 0 bridgehead atoms. The van der Waals surface area contributed by atoms with Gasteiger partial charge in [0.05, 0.1) is 0 Å². The second-order valence-corrected chi connectivity index (χ2v) is 7.21. The molecule has 1 atom stereocenters. The van der Waals surface area contributed by atoms with Gasteiger partial charge in [0.25, 0.3) is 0 Å². The fourth-order valence-corrected chi connectivity index (χ4v) is 4.56. The maximum atomic E-state index is 12.5. The average molecular weight is 350 g/mol. The average Bonchev–Trinajstić information content (AvgIpc) is 3.08. The highest BCUT2D eigenvalue weighted by atomic mass is 32.2. The lowest BCUT2D eigenvalue weighted by atomic mass is 10.1. The summed E-state index contributed by atoms with van der Waals surface area (Å²) >= 11 is 1.82. The molecular formula is C18H26N2O3S. The largest absolute Gasteiger partial charge is 0.454 e. The highest BCUT2D eigenvalue weighted by Gasteiger charge is 2.33. The van der Waals surface area contributed by atoms with E-state index in [2.05, 4.69) is 24.8 Å². The molecule has 132 valence electrons. The Bertz CT molecular complexity index is 577. The predicted octanol–water partition coefficient (Wildman–Crippen LogP) is 3.11. The Morgan fingerprint density at radius 2 is 2.12 bits per heavy atom. The van der Waals surface area contributed by atoms with Crippen LogP contribution >= 0.6 is 11.8 Å². The van der Waals surface area contributed by atoms with Gasteiger partial charge in [-0.15, -0.1) is 11.8 Å². The van der Waals surface area contributed by atoms with Gasteiger partial charge in [-0.1, -0.05) is 26.0 Å². The monoisotopic (exact) mass is 350 g/mol. The van der Waals surface area contributed by atoms with Gasteiger partial charge in [0.15, 0.2) is 11.5 Å². The Balaban J connectivity index is 1.73. The minimum Gasteiger partial charge on any atom is -0.454 e. The lowest BCUT2D eigenvalue weighted by Gasteiger charge is -2.36. The number of benzene rings is 1. The minimum atomic E-state index is 0.0274. The number of hydrogen-bond acceptors (Lipinski definition) is 5. The Hall–Kier alpha value is -1.40. The normalized spacial score (nSPS) is 20.0. The van der Waals surface area contributed by atoms with E-state index in [1.807, 2.05) is 28.8 Å². The van der Waals surface area contributed by atoms with E-state index < -0.39 is 0 Å². The van der Waals surface area contributed by atoms with Crippen molar-refractivity contribution in [2.75, 3.05) is 38.7 Å². The first-order chi connectivity index (χ1) is 11.7. The van der Waals surface area contributed by atoms with Crippen LogP contribution in [-0.4, -0.2) is 54.4 Å². The first-order valence-corrected chi connectivity index (χ1v) is 9.81. The molecule has 2 heterocycles. The topological polar surface area (TPSA) is 42.0 Å². The van der Waals surface area contributed by atoms with Gasteiger partial charge in [0, 0.05) is 24.3 Å². The van der Waals surface area contributed by atoms with Crippen LogP contribution in [0.3, 0.4) is 0 Å². The second-order valence-electron chi connectivity index (χ2n) is 6.02. The molecule has 0 N–H and O–H groups in total. The molecule has 3 rings (SSSR count).